The summed E-state index contributed by atoms with van der Waals surface area (Å²) in [5.41, 5.74) is 0.197. The molecule has 1 rings (SSSR count). The van der Waals surface area contributed by atoms with E-state index in [-0.39, 0.29) is 5.57 Å². The summed E-state index contributed by atoms with van der Waals surface area (Å²) in [5, 5.41) is 27.0. The van der Waals surface area contributed by atoms with Gasteiger partial charge in [0.1, 0.15) is 5.76 Å². The molecule has 0 spiro atoms. The van der Waals surface area contributed by atoms with Crippen molar-refractivity contribution in [3.8, 4) is 0 Å². The number of aliphatic hydroxyl groups is 1. The maximum absolute atomic E-state index is 10.8. The van der Waals surface area contributed by atoms with E-state index in [4.69, 9.17) is 21.8 Å². The summed E-state index contributed by atoms with van der Waals surface area (Å²) in [5.74, 6) is -3.24. The van der Waals surface area contributed by atoms with Crippen LogP contribution in [0.1, 0.15) is 13.3 Å². The first kappa shape index (κ1) is 11.6. The van der Waals surface area contributed by atoms with E-state index >= 15 is 0 Å². The van der Waals surface area contributed by atoms with Gasteiger partial charge in [-0.2, -0.15) is 0 Å². The van der Waals surface area contributed by atoms with Gasteiger partial charge in [-0.3, -0.25) is 0 Å². The van der Waals surface area contributed by atoms with Gasteiger partial charge in [0.25, 0.3) is 0 Å². The molecule has 0 bridgehead atoms. The second kappa shape index (κ2) is 3.58. The summed E-state index contributed by atoms with van der Waals surface area (Å²) in [6.45, 7) is 1.47. The van der Waals surface area contributed by atoms with Crippen LogP contribution >= 0.6 is 11.6 Å². The first-order valence-electron chi connectivity index (χ1n) is 4.05. The molecule has 0 saturated heterocycles. The summed E-state index contributed by atoms with van der Waals surface area (Å²) in [6.07, 6.45) is 0.626. The second-order valence-electron chi connectivity index (χ2n) is 3.28. The lowest BCUT2D eigenvalue weighted by molar-refractivity contribution is -0.140. The summed E-state index contributed by atoms with van der Waals surface area (Å²) in [4.78, 5) is 19.5. The van der Waals surface area contributed by atoms with E-state index in [1.165, 1.54) is 6.92 Å². The molecule has 0 heterocycles. The van der Waals surface area contributed by atoms with Crippen molar-refractivity contribution in [3.63, 3.8) is 0 Å². The van der Waals surface area contributed by atoms with Crippen molar-refractivity contribution < 1.29 is 24.9 Å². The van der Waals surface area contributed by atoms with Gasteiger partial charge < -0.3 is 15.3 Å². The number of alkyl halides is 1. The van der Waals surface area contributed by atoms with Crippen molar-refractivity contribution >= 4 is 23.5 Å². The summed E-state index contributed by atoms with van der Waals surface area (Å²) in [7, 11) is 0. The van der Waals surface area contributed by atoms with Gasteiger partial charge in [0.2, 0.25) is 4.87 Å². The maximum atomic E-state index is 10.8. The monoisotopic (exact) mass is 232 g/mol. The third-order valence-electron chi connectivity index (χ3n) is 2.25. The second-order valence-corrected chi connectivity index (χ2v) is 3.92. The fourth-order valence-electron chi connectivity index (χ4n) is 1.31. The molecular weight excluding hydrogens is 224 g/mol. The van der Waals surface area contributed by atoms with Crippen molar-refractivity contribution in [3.05, 3.63) is 23.0 Å². The zero-order valence-electron chi connectivity index (χ0n) is 7.82. The molecule has 1 aliphatic carbocycles. The van der Waals surface area contributed by atoms with Crippen LogP contribution in [-0.4, -0.2) is 32.1 Å². The van der Waals surface area contributed by atoms with Gasteiger partial charge in [-0.1, -0.05) is 11.6 Å². The van der Waals surface area contributed by atoms with Crippen molar-refractivity contribution in [2.45, 2.75) is 18.2 Å². The van der Waals surface area contributed by atoms with Gasteiger partial charge in [-0.25, -0.2) is 9.59 Å². The van der Waals surface area contributed by atoms with Crippen molar-refractivity contribution in [2.75, 3.05) is 0 Å². The van der Waals surface area contributed by atoms with Crippen LogP contribution in [0.3, 0.4) is 0 Å². The van der Waals surface area contributed by atoms with Crippen molar-refractivity contribution in [2.24, 2.45) is 0 Å². The van der Waals surface area contributed by atoms with Gasteiger partial charge in [0.05, 0.1) is 0 Å². The first-order chi connectivity index (χ1) is 6.79. The lowest BCUT2D eigenvalue weighted by Gasteiger charge is -2.26. The van der Waals surface area contributed by atoms with E-state index in [1.807, 2.05) is 0 Å². The fraction of sp³-hybridized carbons (Fsp3) is 0.333. The normalized spacial score (nSPS) is 26.1. The van der Waals surface area contributed by atoms with E-state index in [2.05, 4.69) is 0 Å². The molecule has 1 atom stereocenters. The average Bonchev–Trinajstić information content (AvgIpc) is 2.10. The van der Waals surface area contributed by atoms with Gasteiger partial charge in [-0.05, 0) is 18.6 Å². The molecule has 0 fully saturated rings. The molecule has 5 nitrogen and oxygen atoms in total. The maximum Gasteiger partial charge on any atom is 0.332 e. The SMILES string of the molecule is CC1=C(C(=O)O)CC(Cl)(C(=O)O)C(O)=C1. The molecule has 1 aliphatic rings. The highest BCUT2D eigenvalue weighted by Gasteiger charge is 2.45. The summed E-state index contributed by atoms with van der Waals surface area (Å²) < 4.78 is 0. The molecule has 0 aromatic carbocycles. The lowest BCUT2D eigenvalue weighted by atomic mass is 9.88. The molecule has 0 aromatic rings. The largest absolute Gasteiger partial charge is 0.510 e. The Bertz CT molecular complexity index is 395. The number of hydrogen-bond donors (Lipinski definition) is 3. The number of aliphatic carboxylic acids is 2. The topological polar surface area (TPSA) is 94.8 Å². The smallest absolute Gasteiger partial charge is 0.332 e. The van der Waals surface area contributed by atoms with Crippen LogP contribution in [0.5, 0.6) is 0 Å². The number of rotatable bonds is 2. The Morgan fingerprint density at radius 3 is 2.40 bits per heavy atom. The molecule has 0 aromatic heterocycles. The Kier molecular flexibility index (Phi) is 2.77. The fourth-order valence-corrected chi connectivity index (χ4v) is 1.50. The number of allylic oxidation sites excluding steroid dienone is 2. The van der Waals surface area contributed by atoms with Gasteiger partial charge in [0.15, 0.2) is 0 Å². The summed E-state index contributed by atoms with van der Waals surface area (Å²) in [6, 6.07) is 0. The minimum absolute atomic E-state index is 0.106. The number of carboxylic acids is 2. The van der Waals surface area contributed by atoms with Crippen LogP contribution in [-0.2, 0) is 9.59 Å². The highest BCUT2D eigenvalue weighted by atomic mass is 35.5. The minimum Gasteiger partial charge on any atom is -0.510 e. The molecule has 0 saturated carbocycles. The number of halogens is 1. The number of hydrogen-bond acceptors (Lipinski definition) is 3. The number of carbonyl (C=O) groups is 2. The standard InChI is InChI=1S/C9H9ClO5/c1-4-2-6(11)9(10,8(14)15)3-5(4)7(12)13/h2,11H,3H2,1H3,(H,12,13)(H,14,15). The molecule has 6 heteroatoms. The third kappa shape index (κ3) is 1.83. The Balaban J connectivity index is 3.23. The summed E-state index contributed by atoms with van der Waals surface area (Å²) >= 11 is 5.65. The van der Waals surface area contributed by atoms with Gasteiger partial charge in [0, 0.05) is 12.0 Å². The molecule has 0 radical (unpaired) electrons. The molecule has 3 N–H and O–H groups in total. The van der Waals surface area contributed by atoms with E-state index in [0.29, 0.717) is 5.57 Å². The van der Waals surface area contributed by atoms with Crippen LogP contribution in [0.2, 0.25) is 0 Å². The van der Waals surface area contributed by atoms with Crippen LogP contribution in [0.15, 0.2) is 23.0 Å². The van der Waals surface area contributed by atoms with Crippen LogP contribution in [0.4, 0.5) is 0 Å². The Labute approximate surface area is 90.3 Å². The van der Waals surface area contributed by atoms with Crippen LogP contribution in [0.25, 0.3) is 0 Å². The van der Waals surface area contributed by atoms with Crippen LogP contribution < -0.4 is 0 Å². The van der Waals surface area contributed by atoms with Crippen molar-refractivity contribution in [1.82, 2.24) is 0 Å². The Morgan fingerprint density at radius 2 is 2.00 bits per heavy atom. The van der Waals surface area contributed by atoms with Crippen LogP contribution in [0, 0.1) is 0 Å². The van der Waals surface area contributed by atoms with E-state index in [9.17, 15) is 14.7 Å². The molecule has 1 unspecified atom stereocenters. The highest BCUT2D eigenvalue weighted by Crippen LogP contribution is 2.37. The molecular formula is C9H9ClO5. The number of aliphatic hydroxyl groups excluding tert-OH is 1. The molecule has 82 valence electrons. The molecule has 0 aliphatic heterocycles. The molecule has 15 heavy (non-hydrogen) atoms. The third-order valence-corrected chi connectivity index (χ3v) is 2.74. The van der Waals surface area contributed by atoms with E-state index in [1.54, 1.807) is 0 Å². The minimum atomic E-state index is -2.06. The Hall–Kier alpha value is -1.49. The first-order valence-corrected chi connectivity index (χ1v) is 4.43. The average molecular weight is 233 g/mol. The van der Waals surface area contributed by atoms with Gasteiger partial charge in [-0.15, -0.1) is 0 Å². The quantitative estimate of drug-likeness (QED) is 0.624. The van der Waals surface area contributed by atoms with E-state index < -0.39 is 29.0 Å². The highest BCUT2D eigenvalue weighted by molar-refractivity contribution is 6.36. The van der Waals surface area contributed by atoms with Crippen molar-refractivity contribution in [1.29, 1.82) is 0 Å². The number of carboxylic acid groups (broad SMARTS) is 2. The Morgan fingerprint density at radius 1 is 1.47 bits per heavy atom. The lowest BCUT2D eigenvalue weighted by Crippen LogP contribution is -2.38. The predicted octanol–water partition coefficient (Wildman–Crippen LogP) is 1.30. The predicted molar refractivity (Wildman–Crippen MR) is 51.9 cm³/mol. The zero-order valence-corrected chi connectivity index (χ0v) is 8.58. The van der Waals surface area contributed by atoms with Gasteiger partial charge >= 0.3 is 11.9 Å². The van der Waals surface area contributed by atoms with E-state index in [0.717, 1.165) is 6.08 Å². The molecule has 0 amide bonds. The zero-order chi connectivity index (χ0) is 11.8.